The molecular weight excluding hydrogens is 345 g/mol. The predicted octanol–water partition coefficient (Wildman–Crippen LogP) is 4.46. The molecule has 5 heteroatoms. The van der Waals surface area contributed by atoms with E-state index in [1.165, 1.54) is 6.07 Å². The van der Waals surface area contributed by atoms with Gasteiger partial charge in [-0.05, 0) is 37.2 Å². The van der Waals surface area contributed by atoms with Crippen LogP contribution in [0.1, 0.15) is 32.3 Å². The van der Waals surface area contributed by atoms with E-state index in [9.17, 15) is 9.18 Å². The Morgan fingerprint density at radius 2 is 1.81 bits per heavy atom. The summed E-state index contributed by atoms with van der Waals surface area (Å²) in [6.45, 7) is 9.02. The summed E-state index contributed by atoms with van der Waals surface area (Å²) in [6, 6.07) is 14.2. The van der Waals surface area contributed by atoms with Crippen molar-refractivity contribution >= 4 is 5.97 Å². The van der Waals surface area contributed by atoms with E-state index in [1.807, 2.05) is 30.3 Å². The molecule has 2 rings (SSSR count). The van der Waals surface area contributed by atoms with Gasteiger partial charge in [-0.3, -0.25) is 4.79 Å². The van der Waals surface area contributed by atoms with Crippen molar-refractivity contribution in [2.24, 2.45) is 0 Å². The van der Waals surface area contributed by atoms with Gasteiger partial charge in [0.1, 0.15) is 5.82 Å². The average Bonchev–Trinajstić information content (AvgIpc) is 2.70. The van der Waals surface area contributed by atoms with Crippen LogP contribution in [0.2, 0.25) is 0 Å². The summed E-state index contributed by atoms with van der Waals surface area (Å²) in [5, 5.41) is 0. The summed E-state index contributed by atoms with van der Waals surface area (Å²) in [4.78, 5) is 14.4. The van der Waals surface area contributed by atoms with Gasteiger partial charge in [-0.1, -0.05) is 56.3 Å². The standard InChI is InChI=1S/C22H28FNO3/c1-4-24(5-2)13-14-26-16-27-22(25)17(3)19-11-12-20(21(23)15-19)18-9-7-6-8-10-18/h6-12,15,17H,4-5,13-14,16H2,1-3H3. The topological polar surface area (TPSA) is 38.8 Å². The summed E-state index contributed by atoms with van der Waals surface area (Å²) < 4.78 is 25.0. The summed E-state index contributed by atoms with van der Waals surface area (Å²) in [5.74, 6) is -1.34. The highest BCUT2D eigenvalue weighted by Crippen LogP contribution is 2.26. The monoisotopic (exact) mass is 373 g/mol. The van der Waals surface area contributed by atoms with Gasteiger partial charge in [0.15, 0.2) is 6.79 Å². The van der Waals surface area contributed by atoms with Crippen LogP contribution in [0.5, 0.6) is 0 Å². The van der Waals surface area contributed by atoms with E-state index in [0.29, 0.717) is 17.7 Å². The highest BCUT2D eigenvalue weighted by molar-refractivity contribution is 5.78. The van der Waals surface area contributed by atoms with Crippen LogP contribution in [0.25, 0.3) is 11.1 Å². The number of carbonyl (C=O) groups excluding carboxylic acids is 1. The number of hydrogen-bond acceptors (Lipinski definition) is 4. The van der Waals surface area contributed by atoms with Crippen molar-refractivity contribution in [2.45, 2.75) is 26.7 Å². The van der Waals surface area contributed by atoms with Crippen molar-refractivity contribution in [1.82, 2.24) is 4.90 Å². The maximum atomic E-state index is 14.5. The molecule has 27 heavy (non-hydrogen) atoms. The Morgan fingerprint density at radius 3 is 2.44 bits per heavy atom. The van der Waals surface area contributed by atoms with Crippen LogP contribution in [0.4, 0.5) is 4.39 Å². The number of benzene rings is 2. The van der Waals surface area contributed by atoms with Crippen LogP contribution in [-0.4, -0.2) is 43.9 Å². The largest absolute Gasteiger partial charge is 0.438 e. The highest BCUT2D eigenvalue weighted by Gasteiger charge is 2.18. The quantitative estimate of drug-likeness (QED) is 0.350. The molecule has 0 N–H and O–H groups in total. The van der Waals surface area contributed by atoms with Crippen molar-refractivity contribution in [2.75, 3.05) is 33.0 Å². The van der Waals surface area contributed by atoms with Crippen LogP contribution < -0.4 is 0 Å². The molecule has 0 aliphatic rings. The Labute approximate surface area is 160 Å². The molecule has 2 aromatic rings. The van der Waals surface area contributed by atoms with Gasteiger partial charge in [0.05, 0.1) is 12.5 Å². The van der Waals surface area contributed by atoms with E-state index in [2.05, 4.69) is 18.7 Å². The molecule has 0 amide bonds. The maximum Gasteiger partial charge on any atom is 0.315 e. The third-order valence-corrected chi connectivity index (χ3v) is 4.66. The number of halogens is 1. The molecular formula is C22H28FNO3. The van der Waals surface area contributed by atoms with Gasteiger partial charge in [0.25, 0.3) is 0 Å². The van der Waals surface area contributed by atoms with E-state index >= 15 is 0 Å². The molecule has 4 nitrogen and oxygen atoms in total. The number of ether oxygens (including phenoxy) is 2. The van der Waals surface area contributed by atoms with Crippen LogP contribution in [-0.2, 0) is 14.3 Å². The van der Waals surface area contributed by atoms with Gasteiger partial charge < -0.3 is 14.4 Å². The van der Waals surface area contributed by atoms with Gasteiger partial charge in [0.2, 0.25) is 0 Å². The first kappa shape index (κ1) is 21.1. The molecule has 2 aromatic carbocycles. The fraction of sp³-hybridized carbons (Fsp3) is 0.409. The van der Waals surface area contributed by atoms with E-state index < -0.39 is 11.9 Å². The van der Waals surface area contributed by atoms with Gasteiger partial charge in [-0.25, -0.2) is 4.39 Å². The second-order valence-electron chi connectivity index (χ2n) is 6.34. The third-order valence-electron chi connectivity index (χ3n) is 4.66. The lowest BCUT2D eigenvalue weighted by atomic mass is 9.97. The van der Waals surface area contributed by atoms with Gasteiger partial charge in [-0.2, -0.15) is 0 Å². The molecule has 146 valence electrons. The smallest absolute Gasteiger partial charge is 0.315 e. The summed E-state index contributed by atoms with van der Waals surface area (Å²) in [7, 11) is 0. The summed E-state index contributed by atoms with van der Waals surface area (Å²) >= 11 is 0. The van der Waals surface area contributed by atoms with E-state index in [4.69, 9.17) is 9.47 Å². The zero-order chi connectivity index (χ0) is 19.6. The maximum absolute atomic E-state index is 14.5. The second kappa shape index (κ2) is 10.8. The molecule has 1 atom stereocenters. The zero-order valence-electron chi connectivity index (χ0n) is 16.3. The average molecular weight is 373 g/mol. The number of hydrogen-bond donors (Lipinski definition) is 0. The lowest BCUT2D eigenvalue weighted by Gasteiger charge is -2.18. The molecule has 0 saturated carbocycles. The van der Waals surface area contributed by atoms with Crippen molar-refractivity contribution in [3.8, 4) is 11.1 Å². The van der Waals surface area contributed by atoms with Crippen molar-refractivity contribution < 1.29 is 18.7 Å². The molecule has 0 bridgehead atoms. The summed E-state index contributed by atoms with van der Waals surface area (Å²) in [5.41, 5.74) is 1.90. The molecule has 1 unspecified atom stereocenters. The first-order valence-corrected chi connectivity index (χ1v) is 9.38. The van der Waals surface area contributed by atoms with Crippen molar-refractivity contribution in [3.05, 3.63) is 59.9 Å². The Hall–Kier alpha value is -2.24. The van der Waals surface area contributed by atoms with Crippen molar-refractivity contribution in [3.63, 3.8) is 0 Å². The molecule has 0 heterocycles. The normalized spacial score (nSPS) is 12.2. The minimum absolute atomic E-state index is 0.0883. The minimum atomic E-state index is -0.560. The van der Waals surface area contributed by atoms with E-state index in [-0.39, 0.29) is 12.6 Å². The number of nitrogens with zero attached hydrogens (tertiary/aromatic N) is 1. The Bertz CT molecular complexity index is 717. The Kier molecular flexibility index (Phi) is 8.43. The number of rotatable bonds is 10. The third kappa shape index (κ3) is 6.15. The first-order valence-electron chi connectivity index (χ1n) is 9.38. The van der Waals surface area contributed by atoms with Crippen LogP contribution in [0, 0.1) is 5.82 Å². The van der Waals surface area contributed by atoms with Crippen molar-refractivity contribution in [1.29, 1.82) is 0 Å². The van der Waals surface area contributed by atoms with E-state index in [1.54, 1.807) is 19.1 Å². The molecule has 0 radical (unpaired) electrons. The molecule has 0 aromatic heterocycles. The van der Waals surface area contributed by atoms with Gasteiger partial charge in [0, 0.05) is 12.1 Å². The SMILES string of the molecule is CCN(CC)CCOCOC(=O)C(C)c1ccc(-c2ccccc2)c(F)c1. The number of esters is 1. The fourth-order valence-corrected chi connectivity index (χ4v) is 2.81. The highest BCUT2D eigenvalue weighted by atomic mass is 19.1. The second-order valence-corrected chi connectivity index (χ2v) is 6.34. The van der Waals surface area contributed by atoms with E-state index in [0.717, 1.165) is 25.2 Å². The summed E-state index contributed by atoms with van der Waals surface area (Å²) in [6.07, 6.45) is 0. The molecule has 0 aliphatic heterocycles. The molecule has 0 spiro atoms. The minimum Gasteiger partial charge on any atom is -0.438 e. The molecule has 0 aliphatic carbocycles. The van der Waals surface area contributed by atoms with Gasteiger partial charge in [-0.15, -0.1) is 0 Å². The Balaban J connectivity index is 1.86. The van der Waals surface area contributed by atoms with Gasteiger partial charge >= 0.3 is 5.97 Å². The lowest BCUT2D eigenvalue weighted by molar-refractivity contribution is -0.158. The predicted molar refractivity (Wildman–Crippen MR) is 105 cm³/mol. The fourth-order valence-electron chi connectivity index (χ4n) is 2.81. The molecule has 0 fully saturated rings. The van der Waals surface area contributed by atoms with Crippen LogP contribution in [0.15, 0.2) is 48.5 Å². The first-order chi connectivity index (χ1) is 13.1. The lowest BCUT2D eigenvalue weighted by Crippen LogP contribution is -2.27. The molecule has 0 saturated heterocycles. The zero-order valence-corrected chi connectivity index (χ0v) is 16.3. The van der Waals surface area contributed by atoms with Crippen LogP contribution >= 0.6 is 0 Å². The van der Waals surface area contributed by atoms with Crippen LogP contribution in [0.3, 0.4) is 0 Å². The number of carbonyl (C=O) groups is 1. The number of likely N-dealkylation sites (N-methyl/N-ethyl adjacent to an activating group) is 1. The Morgan fingerprint density at radius 1 is 1.11 bits per heavy atom.